The van der Waals surface area contributed by atoms with Gasteiger partial charge in [0.25, 0.3) is 0 Å². The van der Waals surface area contributed by atoms with E-state index in [2.05, 4.69) is 70.6 Å². The number of alkyl carbamates (subject to hydrolysis) is 1. The lowest BCUT2D eigenvalue weighted by Crippen LogP contribution is -2.49. The lowest BCUT2D eigenvalue weighted by Gasteiger charge is -2.28. The minimum atomic E-state index is -0.441. The Hall–Kier alpha value is -4.06. The third-order valence-electron chi connectivity index (χ3n) is 7.98. The highest BCUT2D eigenvalue weighted by Gasteiger charge is 2.21. The molecule has 4 aromatic rings. The van der Waals surface area contributed by atoms with Crippen LogP contribution in [0.5, 0.6) is 0 Å². The number of amides is 3. The third kappa shape index (κ3) is 12.5. The van der Waals surface area contributed by atoms with Gasteiger partial charge < -0.3 is 25.6 Å². The smallest absolute Gasteiger partial charge is 0.407 e. The molecule has 0 aliphatic carbocycles. The first-order valence-electron chi connectivity index (χ1n) is 16.4. The van der Waals surface area contributed by atoms with Gasteiger partial charge in [0, 0.05) is 43.2 Å². The van der Waals surface area contributed by atoms with Crippen molar-refractivity contribution in [2.24, 2.45) is 0 Å². The molecule has 2 heterocycles. The molecule has 3 N–H and O–H groups in total. The molecule has 0 aliphatic rings. The molecule has 0 saturated carbocycles. The number of thiazole rings is 2. The maximum atomic E-state index is 13.2. The number of urea groups is 1. The van der Waals surface area contributed by atoms with Crippen molar-refractivity contribution in [1.29, 1.82) is 0 Å². The van der Waals surface area contributed by atoms with Gasteiger partial charge in [0.1, 0.15) is 6.61 Å². The van der Waals surface area contributed by atoms with E-state index in [0.717, 1.165) is 46.0 Å². The quantitative estimate of drug-likeness (QED) is 0.0946. The summed E-state index contributed by atoms with van der Waals surface area (Å²) in [6, 6.07) is 20.0. The zero-order valence-electron chi connectivity index (χ0n) is 28.4. The van der Waals surface area contributed by atoms with Crippen molar-refractivity contribution in [3.8, 4) is 0 Å². The van der Waals surface area contributed by atoms with Gasteiger partial charge in [0.05, 0.1) is 33.7 Å². The summed E-state index contributed by atoms with van der Waals surface area (Å²) in [6.45, 7) is 11.5. The SMILES string of the molecule is C=C(C)[C@@H](CN[C@H](CC[C@H](Cc1ccccc1)NC(=O)OCc1cncs1)Cc1ccccc1)NC(=O)N(C)Cc1csc(C(C)C)n1. The van der Waals surface area contributed by atoms with Gasteiger partial charge in [-0.15, -0.1) is 22.7 Å². The van der Waals surface area contributed by atoms with E-state index in [9.17, 15) is 9.59 Å². The van der Waals surface area contributed by atoms with Crippen LogP contribution in [-0.2, 0) is 30.7 Å². The van der Waals surface area contributed by atoms with E-state index < -0.39 is 6.09 Å². The minimum absolute atomic E-state index is 0.0848. The third-order valence-corrected chi connectivity index (χ3v) is 9.92. The first-order valence-corrected chi connectivity index (χ1v) is 18.2. The van der Waals surface area contributed by atoms with Crippen LogP contribution >= 0.6 is 22.7 Å². The molecule has 3 atom stereocenters. The highest BCUT2D eigenvalue weighted by Crippen LogP contribution is 2.20. The van der Waals surface area contributed by atoms with Crippen molar-refractivity contribution in [1.82, 2.24) is 30.8 Å². The van der Waals surface area contributed by atoms with E-state index >= 15 is 0 Å². The monoisotopic (exact) mass is 688 g/mol. The summed E-state index contributed by atoms with van der Waals surface area (Å²) in [7, 11) is 1.78. The molecule has 2 aromatic carbocycles. The second-order valence-electron chi connectivity index (χ2n) is 12.5. The number of ether oxygens (including phenoxy) is 1. The summed E-state index contributed by atoms with van der Waals surface area (Å²) in [5, 5.41) is 13.1. The van der Waals surface area contributed by atoms with E-state index in [-0.39, 0.29) is 30.8 Å². The number of rotatable bonds is 18. The van der Waals surface area contributed by atoms with Gasteiger partial charge >= 0.3 is 12.1 Å². The van der Waals surface area contributed by atoms with E-state index in [0.29, 0.717) is 25.4 Å². The van der Waals surface area contributed by atoms with E-state index in [1.807, 2.05) is 48.7 Å². The van der Waals surface area contributed by atoms with Crippen molar-refractivity contribution in [3.05, 3.63) is 117 Å². The van der Waals surface area contributed by atoms with Crippen molar-refractivity contribution >= 4 is 34.8 Å². The fourth-order valence-corrected chi connectivity index (χ4v) is 6.56. The predicted octanol–water partition coefficient (Wildman–Crippen LogP) is 7.33. The molecule has 2 aromatic heterocycles. The van der Waals surface area contributed by atoms with Gasteiger partial charge in [0.2, 0.25) is 0 Å². The van der Waals surface area contributed by atoms with Crippen molar-refractivity contribution in [2.75, 3.05) is 13.6 Å². The second kappa shape index (κ2) is 19.1. The average Bonchev–Trinajstić information content (AvgIpc) is 3.78. The zero-order valence-corrected chi connectivity index (χ0v) is 30.0. The number of benzene rings is 2. The largest absolute Gasteiger partial charge is 0.444 e. The van der Waals surface area contributed by atoms with E-state index in [4.69, 9.17) is 4.74 Å². The molecule has 0 bridgehead atoms. The molecule has 0 radical (unpaired) electrons. The topological polar surface area (TPSA) is 108 Å². The van der Waals surface area contributed by atoms with Crippen molar-refractivity contribution in [3.63, 3.8) is 0 Å². The number of nitrogens with zero attached hydrogens (tertiary/aromatic N) is 3. The van der Waals surface area contributed by atoms with Crippen molar-refractivity contribution < 1.29 is 14.3 Å². The summed E-state index contributed by atoms with van der Waals surface area (Å²) in [5.41, 5.74) is 5.84. The average molecular weight is 689 g/mol. The number of hydrogen-bond donors (Lipinski definition) is 3. The summed E-state index contributed by atoms with van der Waals surface area (Å²) in [4.78, 5) is 37.4. The van der Waals surface area contributed by atoms with Crippen LogP contribution in [0.25, 0.3) is 0 Å². The Bertz CT molecular complexity index is 1550. The van der Waals surface area contributed by atoms with Crippen LogP contribution in [0.1, 0.15) is 66.2 Å². The zero-order chi connectivity index (χ0) is 34.3. The summed E-state index contributed by atoms with van der Waals surface area (Å²) in [6.07, 6.45) is 4.27. The molecule has 9 nitrogen and oxygen atoms in total. The number of nitrogens with one attached hydrogen (secondary N) is 3. The molecule has 0 saturated heterocycles. The summed E-state index contributed by atoms with van der Waals surface area (Å²) >= 11 is 3.08. The van der Waals surface area contributed by atoms with Crippen LogP contribution in [-0.4, -0.2) is 58.7 Å². The van der Waals surface area contributed by atoms with E-state index in [1.165, 1.54) is 16.9 Å². The first kappa shape index (κ1) is 36.8. The number of carbonyl (C=O) groups is 2. The second-order valence-corrected chi connectivity index (χ2v) is 14.3. The lowest BCUT2D eigenvalue weighted by atomic mass is 9.95. The van der Waals surface area contributed by atoms with Gasteiger partial charge in [-0.25, -0.2) is 14.6 Å². The molecule has 0 fully saturated rings. The highest BCUT2D eigenvalue weighted by atomic mass is 32.1. The maximum Gasteiger partial charge on any atom is 0.407 e. The van der Waals surface area contributed by atoms with Gasteiger partial charge in [-0.3, -0.25) is 4.98 Å². The Labute approximate surface area is 292 Å². The van der Waals surface area contributed by atoms with Crippen LogP contribution < -0.4 is 16.0 Å². The molecule has 0 aliphatic heterocycles. The van der Waals surface area contributed by atoms with Crippen LogP contribution in [0, 0.1) is 0 Å². The normalized spacial score (nSPS) is 13.0. The number of hydrogen-bond acceptors (Lipinski definition) is 8. The molecule has 256 valence electrons. The predicted molar refractivity (Wildman–Crippen MR) is 195 cm³/mol. The Morgan fingerprint density at radius 1 is 0.938 bits per heavy atom. The Balaban J connectivity index is 1.39. The van der Waals surface area contributed by atoms with Gasteiger partial charge in [-0.05, 0) is 43.7 Å². The van der Waals surface area contributed by atoms with E-state index in [1.54, 1.807) is 35.0 Å². The molecule has 3 amide bonds. The maximum absolute atomic E-state index is 13.2. The summed E-state index contributed by atoms with van der Waals surface area (Å²) in [5.74, 6) is 0.359. The van der Waals surface area contributed by atoms with Crippen LogP contribution in [0.15, 0.2) is 89.9 Å². The Morgan fingerprint density at radius 3 is 2.17 bits per heavy atom. The van der Waals surface area contributed by atoms with Crippen LogP contribution in [0.4, 0.5) is 9.59 Å². The highest BCUT2D eigenvalue weighted by molar-refractivity contribution is 7.09. The molecule has 0 spiro atoms. The van der Waals surface area contributed by atoms with Gasteiger partial charge in [0.15, 0.2) is 0 Å². The fraction of sp³-hybridized carbons (Fsp3) is 0.405. The number of carbonyl (C=O) groups excluding carboxylic acids is 2. The lowest BCUT2D eigenvalue weighted by molar-refractivity contribution is 0.135. The molecule has 11 heteroatoms. The molecular weight excluding hydrogens is 641 g/mol. The molecule has 48 heavy (non-hydrogen) atoms. The summed E-state index contributed by atoms with van der Waals surface area (Å²) < 4.78 is 5.52. The first-order chi connectivity index (χ1) is 23.2. The fourth-order valence-electron chi connectivity index (χ4n) is 5.23. The molecular formula is C37H48N6O3S2. The Morgan fingerprint density at radius 2 is 1.58 bits per heavy atom. The Kier molecular flexibility index (Phi) is 14.6. The van der Waals surface area contributed by atoms with Crippen molar-refractivity contribution in [2.45, 2.75) is 83.6 Å². The standard InChI is InChI=1S/C37H48N6O3S2/c1-26(2)34(42-36(44)43(5)22-32-24-47-35(40-32)27(3)4)21-39-30(18-28-12-8-6-9-13-28)16-17-31(19-29-14-10-7-11-15-29)41-37(45)46-23-33-20-38-25-48-33/h6-15,20,24-25,27,30-31,34,39H,1,16-19,21-23H2,2-5H3,(H,41,45)(H,42,44)/t30-,31-,34-/m1/s1. The minimum Gasteiger partial charge on any atom is -0.444 e. The molecule has 0 unspecified atom stereocenters. The van der Waals surface area contributed by atoms with Crippen LogP contribution in [0.2, 0.25) is 0 Å². The van der Waals surface area contributed by atoms with Gasteiger partial charge in [-0.2, -0.15) is 0 Å². The van der Waals surface area contributed by atoms with Gasteiger partial charge in [-0.1, -0.05) is 86.7 Å². The van der Waals surface area contributed by atoms with Crippen LogP contribution in [0.3, 0.4) is 0 Å². The molecule has 4 rings (SSSR count). The number of aromatic nitrogens is 2.